The van der Waals surface area contributed by atoms with Gasteiger partial charge in [-0.3, -0.25) is 4.79 Å². The van der Waals surface area contributed by atoms with Crippen LogP contribution in [0.5, 0.6) is 11.5 Å². The molecule has 1 N–H and O–H groups in total. The highest BCUT2D eigenvalue weighted by Gasteiger charge is 2.32. The Labute approximate surface area is 214 Å². The van der Waals surface area contributed by atoms with Crippen LogP contribution in [0, 0.1) is 17.7 Å². The molecule has 5 heteroatoms. The van der Waals surface area contributed by atoms with Gasteiger partial charge in [-0.1, -0.05) is 64.1 Å². The Hall–Kier alpha value is -3.34. The average molecular weight is 493 g/mol. The maximum absolute atomic E-state index is 14.5. The first-order chi connectivity index (χ1) is 17.1. The molecule has 0 amide bonds. The van der Waals surface area contributed by atoms with Gasteiger partial charge in [0.1, 0.15) is 23.9 Å². The molecule has 1 saturated carbocycles. The molecule has 0 heterocycles. The van der Waals surface area contributed by atoms with Crippen molar-refractivity contribution in [2.75, 3.05) is 7.11 Å². The largest absolute Gasteiger partial charge is 0.497 e. The summed E-state index contributed by atoms with van der Waals surface area (Å²) in [5.41, 5.74) is 3.41. The Kier molecular flexibility index (Phi) is 9.14. The normalized spacial score (nSPS) is 16.5. The van der Waals surface area contributed by atoms with Gasteiger partial charge in [0.25, 0.3) is 0 Å². The molecule has 0 aromatic heterocycles. The maximum Gasteiger partial charge on any atom is 0.303 e. The number of aliphatic carboxylic acids is 1. The van der Waals surface area contributed by atoms with E-state index < -0.39 is 5.97 Å². The number of ether oxygens (including phenoxy) is 2. The number of hydrogen-bond donors (Lipinski definition) is 1. The summed E-state index contributed by atoms with van der Waals surface area (Å²) >= 11 is 0. The van der Waals surface area contributed by atoms with Gasteiger partial charge < -0.3 is 14.6 Å². The molecule has 0 spiro atoms. The SMILES string of the molecule is CC1CC1CCC(=O)O.COc1ccc(F)c(-c2ccc(COc3ccccc3)cc2C(C)(C)C)c1. The summed E-state index contributed by atoms with van der Waals surface area (Å²) in [7, 11) is 1.59. The number of carboxylic acid groups (broad SMARTS) is 1. The third kappa shape index (κ3) is 7.84. The number of methoxy groups -OCH3 is 1. The Bertz CT molecular complexity index is 1150. The van der Waals surface area contributed by atoms with Gasteiger partial charge in [0.05, 0.1) is 7.11 Å². The van der Waals surface area contributed by atoms with Gasteiger partial charge in [-0.25, -0.2) is 4.39 Å². The second-order valence-electron chi connectivity index (χ2n) is 10.5. The zero-order valence-corrected chi connectivity index (χ0v) is 21.9. The Morgan fingerprint density at radius 2 is 1.69 bits per heavy atom. The maximum atomic E-state index is 14.5. The number of halogens is 1. The summed E-state index contributed by atoms with van der Waals surface area (Å²) in [6.07, 6.45) is 2.48. The first-order valence-electron chi connectivity index (χ1n) is 12.5. The molecule has 0 bridgehead atoms. The fourth-order valence-electron chi connectivity index (χ4n) is 4.17. The third-order valence-electron chi connectivity index (χ3n) is 6.51. The predicted octanol–water partition coefficient (Wildman–Crippen LogP) is 7.89. The van der Waals surface area contributed by atoms with Gasteiger partial charge in [0.15, 0.2) is 0 Å². The van der Waals surface area contributed by atoms with Gasteiger partial charge in [-0.15, -0.1) is 0 Å². The lowest BCUT2D eigenvalue weighted by Crippen LogP contribution is -2.14. The molecular weight excluding hydrogens is 455 g/mol. The molecule has 4 rings (SSSR count). The molecule has 1 fully saturated rings. The Morgan fingerprint density at radius 3 is 2.28 bits per heavy atom. The van der Waals surface area contributed by atoms with Crippen molar-refractivity contribution in [3.05, 3.63) is 83.7 Å². The molecule has 2 unspecified atom stereocenters. The molecule has 2 atom stereocenters. The molecule has 0 saturated heterocycles. The van der Waals surface area contributed by atoms with Gasteiger partial charge >= 0.3 is 5.97 Å². The first kappa shape index (κ1) is 27.3. The highest BCUT2D eigenvalue weighted by Crippen LogP contribution is 2.41. The van der Waals surface area contributed by atoms with Crippen molar-refractivity contribution < 1.29 is 23.8 Å². The van der Waals surface area contributed by atoms with Crippen molar-refractivity contribution >= 4 is 5.97 Å². The zero-order valence-electron chi connectivity index (χ0n) is 21.9. The molecule has 3 aromatic rings. The molecule has 0 radical (unpaired) electrons. The predicted molar refractivity (Wildman–Crippen MR) is 142 cm³/mol. The summed E-state index contributed by atoms with van der Waals surface area (Å²) in [6.45, 7) is 9.03. The van der Waals surface area contributed by atoms with E-state index in [-0.39, 0.29) is 11.2 Å². The third-order valence-corrected chi connectivity index (χ3v) is 6.51. The summed E-state index contributed by atoms with van der Waals surface area (Å²) in [4.78, 5) is 10.0. The quantitative estimate of drug-likeness (QED) is 0.347. The molecule has 4 nitrogen and oxygen atoms in total. The summed E-state index contributed by atoms with van der Waals surface area (Å²) in [5, 5.41) is 8.28. The van der Waals surface area contributed by atoms with Crippen LogP contribution in [0.1, 0.15) is 58.1 Å². The van der Waals surface area contributed by atoms with Crippen molar-refractivity contribution in [1.29, 1.82) is 0 Å². The van der Waals surface area contributed by atoms with E-state index in [1.807, 2.05) is 42.5 Å². The van der Waals surface area contributed by atoms with Gasteiger partial charge in [0, 0.05) is 12.0 Å². The molecule has 1 aliphatic rings. The number of carboxylic acids is 1. The monoisotopic (exact) mass is 492 g/mol. The van der Waals surface area contributed by atoms with Crippen LogP contribution < -0.4 is 9.47 Å². The van der Waals surface area contributed by atoms with E-state index in [1.165, 1.54) is 12.5 Å². The topological polar surface area (TPSA) is 55.8 Å². The fraction of sp³-hybridized carbons (Fsp3) is 0.387. The van der Waals surface area contributed by atoms with E-state index in [0.717, 1.165) is 40.7 Å². The molecule has 0 aliphatic heterocycles. The van der Waals surface area contributed by atoms with Crippen LogP contribution in [0.15, 0.2) is 66.7 Å². The minimum atomic E-state index is -0.658. The minimum absolute atomic E-state index is 0.145. The Balaban J connectivity index is 0.000000338. The van der Waals surface area contributed by atoms with Crippen LogP contribution in [0.25, 0.3) is 11.1 Å². The minimum Gasteiger partial charge on any atom is -0.497 e. The van der Waals surface area contributed by atoms with Crippen molar-refractivity contribution in [1.82, 2.24) is 0 Å². The van der Waals surface area contributed by atoms with Gasteiger partial charge in [-0.05, 0) is 77.1 Å². The van der Waals surface area contributed by atoms with E-state index in [1.54, 1.807) is 19.2 Å². The fourth-order valence-corrected chi connectivity index (χ4v) is 4.17. The van der Waals surface area contributed by atoms with E-state index in [4.69, 9.17) is 14.6 Å². The highest BCUT2D eigenvalue weighted by molar-refractivity contribution is 5.71. The summed E-state index contributed by atoms with van der Waals surface area (Å²) in [6, 6.07) is 20.6. The van der Waals surface area contributed by atoms with Crippen LogP contribution >= 0.6 is 0 Å². The average Bonchev–Trinajstić information content (AvgIpc) is 3.57. The number of hydrogen-bond acceptors (Lipinski definition) is 3. The standard InChI is InChI=1S/C24H25FO2.C7H12O2/c1-24(2,3)22-14-17(16-27-18-8-6-5-7-9-18)10-12-20(22)21-15-19(26-4)11-13-23(21)25;1-5-4-6(5)2-3-7(8)9/h5-15H,16H2,1-4H3;5-6H,2-4H2,1H3,(H,8,9). The number of rotatable bonds is 8. The second kappa shape index (κ2) is 12.1. The lowest BCUT2D eigenvalue weighted by molar-refractivity contribution is -0.137. The van der Waals surface area contributed by atoms with Crippen LogP contribution in [-0.2, 0) is 16.8 Å². The molecule has 192 valence electrons. The van der Waals surface area contributed by atoms with Crippen molar-refractivity contribution in [2.45, 2.75) is 59.0 Å². The Morgan fingerprint density at radius 1 is 1.00 bits per heavy atom. The molecule has 36 heavy (non-hydrogen) atoms. The van der Waals surface area contributed by atoms with Crippen molar-refractivity contribution in [2.24, 2.45) is 11.8 Å². The van der Waals surface area contributed by atoms with E-state index in [9.17, 15) is 9.18 Å². The summed E-state index contributed by atoms with van der Waals surface area (Å²) in [5.74, 6) is 2.08. The molecule has 3 aromatic carbocycles. The van der Waals surface area contributed by atoms with Gasteiger partial charge in [-0.2, -0.15) is 0 Å². The highest BCUT2D eigenvalue weighted by atomic mass is 19.1. The molecule has 1 aliphatic carbocycles. The zero-order chi connectivity index (χ0) is 26.3. The number of benzene rings is 3. The summed E-state index contributed by atoms with van der Waals surface area (Å²) < 4.78 is 25.7. The van der Waals surface area contributed by atoms with E-state index in [0.29, 0.717) is 24.3 Å². The lowest BCUT2D eigenvalue weighted by atomic mass is 9.81. The van der Waals surface area contributed by atoms with E-state index >= 15 is 0 Å². The second-order valence-corrected chi connectivity index (χ2v) is 10.5. The van der Waals surface area contributed by atoms with Crippen LogP contribution in [0.2, 0.25) is 0 Å². The van der Waals surface area contributed by atoms with Crippen LogP contribution in [-0.4, -0.2) is 18.2 Å². The van der Waals surface area contributed by atoms with Crippen molar-refractivity contribution in [3.63, 3.8) is 0 Å². The number of carbonyl (C=O) groups is 1. The smallest absolute Gasteiger partial charge is 0.303 e. The first-order valence-corrected chi connectivity index (χ1v) is 12.5. The lowest BCUT2D eigenvalue weighted by Gasteiger charge is -2.24. The molecular formula is C31H37FO4. The van der Waals surface area contributed by atoms with E-state index in [2.05, 4.69) is 33.8 Å². The van der Waals surface area contributed by atoms with Gasteiger partial charge in [0.2, 0.25) is 0 Å². The van der Waals surface area contributed by atoms with Crippen LogP contribution in [0.4, 0.5) is 4.39 Å². The van der Waals surface area contributed by atoms with Crippen molar-refractivity contribution in [3.8, 4) is 22.6 Å². The number of para-hydroxylation sites is 1. The van der Waals surface area contributed by atoms with Crippen LogP contribution in [0.3, 0.4) is 0 Å².